The normalized spacial score (nSPS) is 23.4. The summed E-state index contributed by atoms with van der Waals surface area (Å²) in [7, 11) is 0. The molecule has 194 valence electrons. The third kappa shape index (κ3) is 6.91. The average molecular weight is 524 g/mol. The van der Waals surface area contributed by atoms with Crippen LogP contribution in [0.1, 0.15) is 68.6 Å². The van der Waals surface area contributed by atoms with Crippen molar-refractivity contribution in [1.82, 2.24) is 20.0 Å². The van der Waals surface area contributed by atoms with Crippen LogP contribution in [0, 0.1) is 5.92 Å². The molecule has 3 fully saturated rings. The largest absolute Gasteiger partial charge is 0.355 e. The minimum absolute atomic E-state index is 0.0693. The van der Waals surface area contributed by atoms with Crippen LogP contribution in [-0.4, -0.2) is 84.4 Å². The summed E-state index contributed by atoms with van der Waals surface area (Å²) in [6.07, 6.45) is 9.55. The van der Waals surface area contributed by atoms with Gasteiger partial charge in [0.2, 0.25) is 5.91 Å². The zero-order chi connectivity index (χ0) is 24.8. The smallest absolute Gasteiger partial charge is 0.255 e. The standard InChI is InChI=1S/C27H40Cl2N4O2/c1-20-7-4-5-13-31(20)14-6-12-30-26(34)25(21-8-2-3-9-21)32-15-17-33(18-16-32)27(35)23-11-10-22(28)19-24(23)29/h10-11,19-21,25H,2-9,12-18H2,1H3,(H,30,34)/t20-,25-/m0/s1. The second-order valence-electron chi connectivity index (χ2n) is 10.5. The van der Waals surface area contributed by atoms with Crippen molar-refractivity contribution in [2.75, 3.05) is 45.8 Å². The Kier molecular flexibility index (Phi) is 9.74. The third-order valence-corrected chi connectivity index (χ3v) is 8.68. The molecule has 0 radical (unpaired) electrons. The average Bonchev–Trinajstić information content (AvgIpc) is 3.37. The van der Waals surface area contributed by atoms with Crippen LogP contribution in [0.4, 0.5) is 0 Å². The van der Waals surface area contributed by atoms with E-state index in [1.807, 2.05) is 4.90 Å². The van der Waals surface area contributed by atoms with Crippen molar-refractivity contribution in [3.63, 3.8) is 0 Å². The van der Waals surface area contributed by atoms with E-state index in [0.717, 1.165) is 32.4 Å². The molecular weight excluding hydrogens is 483 g/mol. The van der Waals surface area contributed by atoms with E-state index in [4.69, 9.17) is 23.2 Å². The Labute approximate surface area is 220 Å². The minimum Gasteiger partial charge on any atom is -0.355 e. The SMILES string of the molecule is C[C@H]1CCCCN1CCCNC(=O)[C@H](C1CCCC1)N1CCN(C(=O)c2ccc(Cl)cc2Cl)CC1. The summed E-state index contributed by atoms with van der Waals surface area (Å²) < 4.78 is 0. The Morgan fingerprint density at radius 1 is 1.00 bits per heavy atom. The first-order valence-electron chi connectivity index (χ1n) is 13.4. The van der Waals surface area contributed by atoms with Gasteiger partial charge in [0.15, 0.2) is 0 Å². The van der Waals surface area contributed by atoms with E-state index in [9.17, 15) is 9.59 Å². The number of rotatable bonds is 8. The highest BCUT2D eigenvalue weighted by Gasteiger charge is 2.37. The van der Waals surface area contributed by atoms with Crippen molar-refractivity contribution in [1.29, 1.82) is 0 Å². The Hall–Kier alpha value is -1.34. The molecule has 8 heteroatoms. The predicted molar refractivity (Wildman–Crippen MR) is 142 cm³/mol. The van der Waals surface area contributed by atoms with Gasteiger partial charge in [-0.25, -0.2) is 0 Å². The lowest BCUT2D eigenvalue weighted by Gasteiger charge is -2.41. The fourth-order valence-electron chi connectivity index (χ4n) is 6.08. The van der Waals surface area contributed by atoms with Gasteiger partial charge in [0.05, 0.1) is 16.6 Å². The number of likely N-dealkylation sites (tertiary alicyclic amines) is 1. The number of halogens is 2. The van der Waals surface area contributed by atoms with Crippen LogP contribution in [0.3, 0.4) is 0 Å². The molecule has 1 aromatic carbocycles. The van der Waals surface area contributed by atoms with Crippen molar-refractivity contribution in [3.8, 4) is 0 Å². The molecule has 0 unspecified atom stereocenters. The number of carbonyl (C=O) groups is 2. The maximum atomic E-state index is 13.4. The minimum atomic E-state index is -0.0946. The van der Waals surface area contributed by atoms with Crippen molar-refractivity contribution in [2.24, 2.45) is 5.92 Å². The molecule has 0 aromatic heterocycles. The van der Waals surface area contributed by atoms with Crippen LogP contribution in [0.2, 0.25) is 10.0 Å². The molecular formula is C27H40Cl2N4O2. The molecule has 1 aliphatic carbocycles. The molecule has 4 rings (SSSR count). The number of hydrogen-bond acceptors (Lipinski definition) is 4. The lowest BCUT2D eigenvalue weighted by molar-refractivity contribution is -0.129. The maximum Gasteiger partial charge on any atom is 0.255 e. The van der Waals surface area contributed by atoms with Crippen LogP contribution in [0.5, 0.6) is 0 Å². The van der Waals surface area contributed by atoms with Crippen molar-refractivity contribution >= 4 is 35.0 Å². The quantitative estimate of drug-likeness (QED) is 0.503. The van der Waals surface area contributed by atoms with Crippen LogP contribution >= 0.6 is 23.2 Å². The summed E-state index contributed by atoms with van der Waals surface area (Å²) in [5.74, 6) is 0.509. The van der Waals surface area contributed by atoms with Crippen molar-refractivity contribution in [2.45, 2.75) is 70.4 Å². The second-order valence-corrected chi connectivity index (χ2v) is 11.3. The van der Waals surface area contributed by atoms with Crippen LogP contribution < -0.4 is 5.32 Å². The van der Waals surface area contributed by atoms with Gasteiger partial charge in [0.25, 0.3) is 5.91 Å². The van der Waals surface area contributed by atoms with E-state index >= 15 is 0 Å². The fourth-order valence-corrected chi connectivity index (χ4v) is 6.57. The zero-order valence-electron chi connectivity index (χ0n) is 21.0. The molecule has 3 aliphatic rings. The van der Waals surface area contributed by atoms with Crippen molar-refractivity contribution < 1.29 is 9.59 Å². The summed E-state index contributed by atoms with van der Waals surface area (Å²) in [5, 5.41) is 4.17. The molecule has 0 spiro atoms. The van der Waals surface area contributed by atoms with Crippen LogP contribution in [0.25, 0.3) is 0 Å². The van der Waals surface area contributed by atoms with Gasteiger partial charge in [-0.3, -0.25) is 14.5 Å². The number of piperazine rings is 1. The Morgan fingerprint density at radius 3 is 2.40 bits per heavy atom. The van der Waals surface area contributed by atoms with Crippen LogP contribution in [0.15, 0.2) is 18.2 Å². The number of benzene rings is 1. The van der Waals surface area contributed by atoms with Gasteiger partial charge < -0.3 is 15.1 Å². The van der Waals surface area contributed by atoms with Gasteiger partial charge in [0.1, 0.15) is 0 Å². The Balaban J connectivity index is 1.30. The number of piperidine rings is 1. The van der Waals surface area contributed by atoms with E-state index < -0.39 is 0 Å². The molecule has 2 atom stereocenters. The predicted octanol–water partition coefficient (Wildman–Crippen LogP) is 4.69. The molecule has 2 amide bonds. The lowest BCUT2D eigenvalue weighted by Crippen LogP contribution is -2.58. The molecule has 1 N–H and O–H groups in total. The zero-order valence-corrected chi connectivity index (χ0v) is 22.5. The summed E-state index contributed by atoms with van der Waals surface area (Å²) in [5.41, 5.74) is 0.484. The summed E-state index contributed by atoms with van der Waals surface area (Å²) in [6.45, 7) is 7.90. The van der Waals surface area contributed by atoms with Gasteiger partial charge in [-0.2, -0.15) is 0 Å². The molecule has 2 heterocycles. The van der Waals surface area contributed by atoms with Gasteiger partial charge in [0, 0.05) is 50.3 Å². The molecule has 0 bridgehead atoms. The Bertz CT molecular complexity index is 869. The highest BCUT2D eigenvalue weighted by molar-refractivity contribution is 6.36. The highest BCUT2D eigenvalue weighted by Crippen LogP contribution is 2.31. The number of hydrogen-bond donors (Lipinski definition) is 1. The summed E-state index contributed by atoms with van der Waals surface area (Å²) in [4.78, 5) is 33.1. The van der Waals surface area contributed by atoms with E-state index in [-0.39, 0.29) is 17.9 Å². The number of nitrogens with one attached hydrogen (secondary N) is 1. The molecule has 1 saturated carbocycles. The van der Waals surface area contributed by atoms with Crippen LogP contribution in [-0.2, 0) is 4.79 Å². The topological polar surface area (TPSA) is 55.9 Å². The first kappa shape index (κ1) is 26.7. The first-order valence-corrected chi connectivity index (χ1v) is 14.2. The number of nitrogens with zero attached hydrogens (tertiary/aromatic N) is 3. The lowest BCUT2D eigenvalue weighted by atomic mass is 9.95. The van der Waals surface area contributed by atoms with Gasteiger partial charge >= 0.3 is 0 Å². The third-order valence-electron chi connectivity index (χ3n) is 8.13. The summed E-state index contributed by atoms with van der Waals surface area (Å²) >= 11 is 12.3. The highest BCUT2D eigenvalue weighted by atomic mass is 35.5. The van der Waals surface area contributed by atoms with E-state index in [1.54, 1.807) is 18.2 Å². The monoisotopic (exact) mass is 522 g/mol. The maximum absolute atomic E-state index is 13.4. The molecule has 2 aliphatic heterocycles. The van der Waals surface area contributed by atoms with E-state index in [1.165, 1.54) is 38.6 Å². The van der Waals surface area contributed by atoms with E-state index in [2.05, 4.69) is 22.0 Å². The van der Waals surface area contributed by atoms with Gasteiger partial charge in [-0.1, -0.05) is 42.5 Å². The molecule has 2 saturated heterocycles. The van der Waals surface area contributed by atoms with Gasteiger partial charge in [-0.15, -0.1) is 0 Å². The number of carbonyl (C=O) groups excluding carboxylic acids is 2. The first-order chi connectivity index (χ1) is 16.9. The molecule has 6 nitrogen and oxygen atoms in total. The molecule has 1 aromatic rings. The molecule has 35 heavy (non-hydrogen) atoms. The Morgan fingerprint density at radius 2 is 1.71 bits per heavy atom. The second kappa shape index (κ2) is 12.8. The van der Waals surface area contributed by atoms with Gasteiger partial charge in [-0.05, 0) is 69.7 Å². The summed E-state index contributed by atoms with van der Waals surface area (Å²) in [6, 6.07) is 5.57. The fraction of sp³-hybridized carbons (Fsp3) is 0.704. The number of amides is 2. The van der Waals surface area contributed by atoms with E-state index in [0.29, 0.717) is 53.7 Å². The van der Waals surface area contributed by atoms with Crippen molar-refractivity contribution in [3.05, 3.63) is 33.8 Å².